The first-order chi connectivity index (χ1) is 30.0. The quantitative estimate of drug-likeness (QED) is 0.0534. The molecule has 18 atom stereocenters. The molecule has 376 valence electrons. The number of esters is 1. The predicted molar refractivity (Wildman–Crippen MR) is 246 cm³/mol. The van der Waals surface area contributed by atoms with Gasteiger partial charge in [0.05, 0.1) is 53.4 Å². The summed E-state index contributed by atoms with van der Waals surface area (Å²) >= 11 is 0. The number of hydrogen-bond acceptors (Lipinski definition) is 15. The van der Waals surface area contributed by atoms with Crippen LogP contribution in [0, 0.1) is 23.7 Å². The van der Waals surface area contributed by atoms with Crippen LogP contribution in [0.15, 0.2) is 5.16 Å². The van der Waals surface area contributed by atoms with Crippen LogP contribution in [-0.2, 0) is 38.1 Å². The Morgan fingerprint density at radius 2 is 1.39 bits per heavy atom. The second-order valence-electron chi connectivity index (χ2n) is 20.6. The molecule has 3 aliphatic heterocycles. The van der Waals surface area contributed by atoms with Crippen molar-refractivity contribution in [1.29, 1.82) is 0 Å². The molecule has 0 aromatic heterocycles. The molecule has 0 saturated carbocycles. The molecule has 0 spiro atoms. The molecule has 0 aromatic carbocycles. The molecule has 3 saturated heterocycles. The normalized spacial score (nSPS) is 42.7. The first-order valence-corrected chi connectivity index (χ1v) is 24.7. The first kappa shape index (κ1) is 56.8. The van der Waals surface area contributed by atoms with Gasteiger partial charge in [0.2, 0.25) is 0 Å². The summed E-state index contributed by atoms with van der Waals surface area (Å²) in [5, 5.41) is 64.4. The minimum atomic E-state index is -1.92. The van der Waals surface area contributed by atoms with Crippen LogP contribution in [0.1, 0.15) is 166 Å². The lowest BCUT2D eigenvalue weighted by Crippen LogP contribution is -2.61. The number of rotatable bonds is 19. The lowest BCUT2D eigenvalue weighted by molar-refractivity contribution is -0.317. The minimum Gasteiger partial charge on any atom is -0.459 e. The molecule has 0 aromatic rings. The number of aliphatic hydroxyl groups is 5. The van der Waals surface area contributed by atoms with Crippen molar-refractivity contribution in [2.75, 3.05) is 27.8 Å². The maximum absolute atomic E-state index is 14.4. The van der Waals surface area contributed by atoms with E-state index in [1.807, 2.05) is 39.8 Å². The van der Waals surface area contributed by atoms with Gasteiger partial charge in [-0.3, -0.25) is 4.79 Å². The average Bonchev–Trinajstić information content (AvgIpc) is 3.23. The molecule has 3 rings (SSSR count). The van der Waals surface area contributed by atoms with E-state index in [2.05, 4.69) is 12.1 Å². The van der Waals surface area contributed by atoms with Crippen LogP contribution in [0.3, 0.4) is 0 Å². The number of carbonyl (C=O) groups is 1. The van der Waals surface area contributed by atoms with E-state index >= 15 is 0 Å². The van der Waals surface area contributed by atoms with E-state index in [1.165, 1.54) is 59.0 Å². The van der Waals surface area contributed by atoms with Crippen molar-refractivity contribution in [3.05, 3.63) is 0 Å². The molecule has 3 aliphatic rings. The highest BCUT2D eigenvalue weighted by atomic mass is 16.7. The molecular formula is C49H92N2O13. The Bertz CT molecular complexity index is 1400. The number of cyclic esters (lactones) is 1. The van der Waals surface area contributed by atoms with Gasteiger partial charge < -0.3 is 63.7 Å². The highest BCUT2D eigenvalue weighted by Gasteiger charge is 2.53. The molecule has 3 fully saturated rings. The summed E-state index contributed by atoms with van der Waals surface area (Å²) in [6.45, 7) is 20.0. The fraction of sp³-hybridized carbons (Fsp3) is 0.959. The third-order valence-corrected chi connectivity index (χ3v) is 14.6. The van der Waals surface area contributed by atoms with E-state index in [1.54, 1.807) is 41.5 Å². The molecule has 5 N–H and O–H groups in total. The molecule has 0 aliphatic carbocycles. The zero-order valence-corrected chi connectivity index (χ0v) is 42.2. The lowest BCUT2D eigenvalue weighted by atomic mass is 9.73. The summed E-state index contributed by atoms with van der Waals surface area (Å²) in [6, 6.07) is -0.310. The summed E-state index contributed by atoms with van der Waals surface area (Å²) in [6.07, 6.45) is 2.62. The molecule has 15 nitrogen and oxygen atoms in total. The van der Waals surface area contributed by atoms with Gasteiger partial charge in [0.25, 0.3) is 0 Å². The van der Waals surface area contributed by atoms with Crippen molar-refractivity contribution in [3.63, 3.8) is 0 Å². The van der Waals surface area contributed by atoms with E-state index < -0.39 is 102 Å². The second kappa shape index (κ2) is 25.7. The molecule has 64 heavy (non-hydrogen) atoms. The van der Waals surface area contributed by atoms with E-state index in [0.717, 1.165) is 19.3 Å². The van der Waals surface area contributed by atoms with Crippen molar-refractivity contribution in [1.82, 2.24) is 4.90 Å². The van der Waals surface area contributed by atoms with Crippen molar-refractivity contribution >= 4 is 11.7 Å². The van der Waals surface area contributed by atoms with Crippen LogP contribution < -0.4 is 0 Å². The number of likely N-dealkylation sites (N-methyl/N-ethyl adjacent to an activating group) is 1. The van der Waals surface area contributed by atoms with Gasteiger partial charge in [-0.25, -0.2) is 0 Å². The van der Waals surface area contributed by atoms with Crippen molar-refractivity contribution in [2.45, 2.75) is 250 Å². The number of ether oxygens (including phenoxy) is 6. The van der Waals surface area contributed by atoms with Crippen LogP contribution in [0.25, 0.3) is 0 Å². The number of carbonyl (C=O) groups excluding carboxylic acids is 1. The number of unbranched alkanes of at least 4 members (excludes halogenated alkanes) is 9. The molecule has 0 amide bonds. The molecule has 15 heteroatoms. The molecular weight excluding hydrogens is 825 g/mol. The van der Waals surface area contributed by atoms with Gasteiger partial charge in [-0.1, -0.05) is 91.1 Å². The Labute approximate surface area is 386 Å². The molecule has 0 bridgehead atoms. The van der Waals surface area contributed by atoms with E-state index in [-0.39, 0.29) is 31.4 Å². The Morgan fingerprint density at radius 3 is 1.95 bits per heavy atom. The fourth-order valence-electron chi connectivity index (χ4n) is 10.4. The third-order valence-electron chi connectivity index (χ3n) is 14.6. The Hall–Kier alpha value is -1.50. The summed E-state index contributed by atoms with van der Waals surface area (Å²) in [7, 11) is 5.27. The summed E-state index contributed by atoms with van der Waals surface area (Å²) in [5.41, 5.74) is -4.27. The van der Waals surface area contributed by atoms with Crippen LogP contribution in [0.4, 0.5) is 0 Å². The van der Waals surface area contributed by atoms with Gasteiger partial charge >= 0.3 is 5.97 Å². The molecule has 2 unspecified atom stereocenters. The number of methoxy groups -OCH3 is 1. The van der Waals surface area contributed by atoms with Gasteiger partial charge in [0, 0.05) is 37.3 Å². The number of nitrogens with zero attached hydrogens (tertiary/aromatic N) is 2. The van der Waals surface area contributed by atoms with E-state index in [9.17, 15) is 30.3 Å². The maximum Gasteiger partial charge on any atom is 0.311 e. The standard InChI is InChI=1S/C49H92N2O13/c1-15-17-18-19-20-21-22-23-24-25-26-59-50-39-30(3)28-47(9,56)44(64-46-40(52)36(51(12)13)27-31(4)60-46)33(6)41(63-38-29-48(10,58-14)43(54)35(8)61-38)34(7)45(55)62-37(16-2)49(11,57)42(53)32(39)5/h30-38,40-44,46,52-54,56-57H,15-29H2,1-14H3/b50-39+/t30-,31-,32+,33+,34-,35+,36+,37-,38?,40-,41+,42-,43+,44-,46+,47?,48-,49-/m1/s1. The van der Waals surface area contributed by atoms with Crippen molar-refractivity contribution in [3.8, 4) is 0 Å². The second-order valence-corrected chi connectivity index (χ2v) is 20.6. The number of hydrogen-bond donors (Lipinski definition) is 5. The third kappa shape index (κ3) is 15.0. The van der Waals surface area contributed by atoms with Crippen LogP contribution >= 0.6 is 0 Å². The number of oxime groups is 1. The van der Waals surface area contributed by atoms with Gasteiger partial charge in [0.1, 0.15) is 30.5 Å². The zero-order valence-electron chi connectivity index (χ0n) is 42.2. The smallest absolute Gasteiger partial charge is 0.311 e. The first-order valence-electron chi connectivity index (χ1n) is 24.7. The highest BCUT2D eigenvalue weighted by Crippen LogP contribution is 2.41. The monoisotopic (exact) mass is 917 g/mol. The van der Waals surface area contributed by atoms with Gasteiger partial charge in [-0.2, -0.15) is 0 Å². The largest absolute Gasteiger partial charge is 0.459 e. The predicted octanol–water partition coefficient (Wildman–Crippen LogP) is 6.51. The van der Waals surface area contributed by atoms with E-state index in [0.29, 0.717) is 18.7 Å². The van der Waals surface area contributed by atoms with Gasteiger partial charge in [-0.05, 0) is 87.7 Å². The average molecular weight is 917 g/mol. The van der Waals surface area contributed by atoms with Gasteiger partial charge in [0.15, 0.2) is 12.6 Å². The lowest BCUT2D eigenvalue weighted by Gasteiger charge is -2.49. The van der Waals surface area contributed by atoms with Crippen LogP contribution in [0.2, 0.25) is 0 Å². The topological polar surface area (TPSA) is 198 Å². The molecule has 0 radical (unpaired) electrons. The zero-order chi connectivity index (χ0) is 48.2. The van der Waals surface area contributed by atoms with Crippen LogP contribution in [-0.4, -0.2) is 154 Å². The fourth-order valence-corrected chi connectivity index (χ4v) is 10.4. The Kier molecular flexibility index (Phi) is 22.9. The summed E-state index contributed by atoms with van der Waals surface area (Å²) < 4.78 is 38.0. The minimum absolute atomic E-state index is 0.0325. The Morgan fingerprint density at radius 1 is 0.797 bits per heavy atom. The maximum atomic E-state index is 14.4. The summed E-state index contributed by atoms with van der Waals surface area (Å²) in [5.74, 6) is -3.90. The SMILES string of the molecule is CCCCCCCCCCCCO/N=C1\[C@H](C)CC(C)(O)[C@H](O[C@@H]2O[C@H](C)C[C@H](N(C)C)[C@H]2O)[C@@H](C)[C@H](OC2C[C@@](C)(OC)[C@@H](O)[C@H](C)O2)[C@@H](C)C(=O)O[C@H](CC)[C@@](C)(O)[C@H](O)[C@H]1C. The van der Waals surface area contributed by atoms with Crippen molar-refractivity contribution < 1.29 is 63.6 Å². The highest BCUT2D eigenvalue weighted by molar-refractivity contribution is 5.88. The van der Waals surface area contributed by atoms with E-state index in [4.69, 9.17) is 33.3 Å². The van der Waals surface area contributed by atoms with Crippen molar-refractivity contribution in [2.24, 2.45) is 28.8 Å². The summed E-state index contributed by atoms with van der Waals surface area (Å²) in [4.78, 5) is 22.3. The number of aliphatic hydroxyl groups excluding tert-OH is 3. The van der Waals surface area contributed by atoms with Gasteiger partial charge in [-0.15, -0.1) is 0 Å². The van der Waals surface area contributed by atoms with Crippen LogP contribution in [0.5, 0.6) is 0 Å². The Balaban J connectivity index is 2.08. The molecule has 3 heterocycles.